The molecular formula is C22H30N2O3S. The van der Waals surface area contributed by atoms with Crippen molar-refractivity contribution in [1.29, 1.82) is 0 Å². The topological polar surface area (TPSA) is 65.2 Å². The normalized spacial score (nSPS) is 22.4. The van der Waals surface area contributed by atoms with Crippen molar-refractivity contribution in [2.45, 2.75) is 65.2 Å². The zero-order valence-electron chi connectivity index (χ0n) is 17.4. The first-order chi connectivity index (χ1) is 13.3. The molecular weight excluding hydrogens is 372 g/mol. The Hall–Kier alpha value is -1.82. The Labute approximate surface area is 171 Å². The van der Waals surface area contributed by atoms with E-state index in [1.165, 1.54) is 18.2 Å². The quantitative estimate of drug-likeness (QED) is 0.473. The number of hydrogen-bond acceptors (Lipinski definition) is 6. The number of esters is 1. The van der Waals surface area contributed by atoms with Crippen molar-refractivity contribution in [2.75, 3.05) is 5.75 Å². The monoisotopic (exact) mass is 402 g/mol. The first kappa shape index (κ1) is 20.9. The molecule has 1 aromatic heterocycles. The third kappa shape index (κ3) is 5.37. The van der Waals surface area contributed by atoms with E-state index in [0.717, 1.165) is 29.5 Å². The van der Waals surface area contributed by atoms with E-state index in [9.17, 15) is 4.79 Å². The number of benzene rings is 1. The number of hydrogen-bond donors (Lipinski definition) is 0. The smallest absolute Gasteiger partial charge is 0.316 e. The molecule has 0 bridgehead atoms. The van der Waals surface area contributed by atoms with E-state index in [-0.39, 0.29) is 17.8 Å². The number of aromatic nitrogens is 2. The van der Waals surface area contributed by atoms with Gasteiger partial charge >= 0.3 is 5.97 Å². The molecule has 1 aliphatic carbocycles. The van der Waals surface area contributed by atoms with Gasteiger partial charge in [-0.05, 0) is 56.6 Å². The zero-order chi connectivity index (χ0) is 20.3. The summed E-state index contributed by atoms with van der Waals surface area (Å²) in [5.74, 6) is 2.03. The highest BCUT2D eigenvalue weighted by molar-refractivity contribution is 7.99. The molecule has 3 atom stereocenters. The predicted molar refractivity (Wildman–Crippen MR) is 111 cm³/mol. The van der Waals surface area contributed by atoms with Crippen LogP contribution >= 0.6 is 11.8 Å². The molecule has 28 heavy (non-hydrogen) atoms. The van der Waals surface area contributed by atoms with Crippen LogP contribution in [0.4, 0.5) is 0 Å². The van der Waals surface area contributed by atoms with Crippen LogP contribution in [0.5, 0.6) is 0 Å². The highest BCUT2D eigenvalue weighted by Crippen LogP contribution is 2.35. The third-order valence-electron chi connectivity index (χ3n) is 5.43. The van der Waals surface area contributed by atoms with Crippen molar-refractivity contribution in [1.82, 2.24) is 10.2 Å². The van der Waals surface area contributed by atoms with E-state index in [1.807, 2.05) is 26.0 Å². The van der Waals surface area contributed by atoms with E-state index >= 15 is 0 Å². The Kier molecular flexibility index (Phi) is 6.81. The Morgan fingerprint density at radius 2 is 1.93 bits per heavy atom. The Bertz CT molecular complexity index is 798. The summed E-state index contributed by atoms with van der Waals surface area (Å²) < 4.78 is 11.6. The molecule has 0 saturated heterocycles. The van der Waals surface area contributed by atoms with Gasteiger partial charge in [0.25, 0.3) is 5.22 Å². The molecule has 2 aromatic rings. The van der Waals surface area contributed by atoms with Crippen LogP contribution in [0.1, 0.15) is 51.2 Å². The van der Waals surface area contributed by atoms with Crippen LogP contribution in [0.2, 0.25) is 0 Å². The van der Waals surface area contributed by atoms with Gasteiger partial charge in [0.2, 0.25) is 5.89 Å². The van der Waals surface area contributed by atoms with Gasteiger partial charge in [-0.15, -0.1) is 10.2 Å². The molecule has 6 heteroatoms. The van der Waals surface area contributed by atoms with Gasteiger partial charge in [0.15, 0.2) is 0 Å². The van der Waals surface area contributed by atoms with Gasteiger partial charge in [-0.1, -0.05) is 56.1 Å². The maximum Gasteiger partial charge on any atom is 0.316 e. The maximum atomic E-state index is 12.4. The Morgan fingerprint density at radius 3 is 2.61 bits per heavy atom. The van der Waals surface area contributed by atoms with Crippen molar-refractivity contribution >= 4 is 17.7 Å². The Balaban J connectivity index is 1.57. The molecule has 1 aromatic carbocycles. The molecule has 1 saturated carbocycles. The summed E-state index contributed by atoms with van der Waals surface area (Å²) in [6, 6.07) is 6.13. The average Bonchev–Trinajstić information content (AvgIpc) is 3.08. The molecule has 0 N–H and O–H groups in total. The summed E-state index contributed by atoms with van der Waals surface area (Å²) in [7, 11) is 0. The second kappa shape index (κ2) is 9.12. The largest absolute Gasteiger partial charge is 0.461 e. The van der Waals surface area contributed by atoms with E-state index in [2.05, 4.69) is 37.0 Å². The van der Waals surface area contributed by atoms with Gasteiger partial charge < -0.3 is 9.15 Å². The molecule has 3 rings (SSSR count). The first-order valence-electron chi connectivity index (χ1n) is 10.1. The highest BCUT2D eigenvalue weighted by Gasteiger charge is 2.33. The summed E-state index contributed by atoms with van der Waals surface area (Å²) >= 11 is 1.24. The fourth-order valence-electron chi connectivity index (χ4n) is 4.06. The van der Waals surface area contributed by atoms with Gasteiger partial charge in [0, 0.05) is 5.56 Å². The van der Waals surface area contributed by atoms with Crippen LogP contribution in [0.3, 0.4) is 0 Å². The third-order valence-corrected chi connectivity index (χ3v) is 6.22. The lowest BCUT2D eigenvalue weighted by Crippen LogP contribution is -2.36. The lowest BCUT2D eigenvalue weighted by molar-refractivity contribution is -0.152. The fraction of sp³-hybridized carbons (Fsp3) is 0.591. The zero-order valence-corrected chi connectivity index (χ0v) is 18.2. The van der Waals surface area contributed by atoms with Crippen molar-refractivity contribution in [3.05, 3.63) is 29.3 Å². The van der Waals surface area contributed by atoms with Gasteiger partial charge in [-0.3, -0.25) is 4.79 Å². The molecule has 1 heterocycles. The molecule has 0 unspecified atom stereocenters. The molecule has 5 nitrogen and oxygen atoms in total. The number of ether oxygens (including phenoxy) is 1. The minimum absolute atomic E-state index is 0.0189. The molecule has 0 spiro atoms. The molecule has 152 valence electrons. The van der Waals surface area contributed by atoms with Gasteiger partial charge in [0.1, 0.15) is 11.9 Å². The molecule has 1 aliphatic rings. The van der Waals surface area contributed by atoms with Crippen molar-refractivity contribution in [3.63, 3.8) is 0 Å². The van der Waals surface area contributed by atoms with Crippen molar-refractivity contribution in [3.8, 4) is 11.5 Å². The summed E-state index contributed by atoms with van der Waals surface area (Å²) in [5, 5.41) is 8.57. The van der Waals surface area contributed by atoms with Crippen LogP contribution in [-0.2, 0) is 9.53 Å². The van der Waals surface area contributed by atoms with E-state index in [0.29, 0.717) is 28.9 Å². The molecule has 1 fully saturated rings. The number of nitrogens with zero attached hydrogens (tertiary/aromatic N) is 2. The number of carbonyl (C=O) groups excluding carboxylic acids is 1. The minimum Gasteiger partial charge on any atom is -0.461 e. The van der Waals surface area contributed by atoms with Crippen LogP contribution in [0.25, 0.3) is 11.5 Å². The van der Waals surface area contributed by atoms with Gasteiger partial charge in [-0.2, -0.15) is 0 Å². The van der Waals surface area contributed by atoms with Crippen LogP contribution in [0.15, 0.2) is 27.8 Å². The van der Waals surface area contributed by atoms with Crippen molar-refractivity contribution in [2.24, 2.45) is 17.8 Å². The van der Waals surface area contributed by atoms with Crippen LogP contribution in [-0.4, -0.2) is 28.0 Å². The first-order valence-corrected chi connectivity index (χ1v) is 11.0. The number of rotatable bonds is 6. The Morgan fingerprint density at radius 1 is 1.21 bits per heavy atom. The SMILES string of the molecule is Cc1cc(C)cc(-c2nnc(SCC(=O)O[C@H]3C[C@H](C)CC[C@@H]3C(C)C)o2)c1. The van der Waals surface area contributed by atoms with Gasteiger partial charge in [-0.25, -0.2) is 0 Å². The standard InChI is InChI=1S/C22H30N2O3S/c1-13(2)18-7-6-14(3)11-19(18)26-20(25)12-28-22-24-23-21(27-22)17-9-15(4)8-16(5)10-17/h8-10,13-14,18-19H,6-7,11-12H2,1-5H3/t14-,18-,19+/m1/s1. The summed E-state index contributed by atoms with van der Waals surface area (Å²) in [5.41, 5.74) is 3.19. The van der Waals surface area contributed by atoms with E-state index in [1.54, 1.807) is 0 Å². The van der Waals surface area contributed by atoms with Crippen LogP contribution in [0, 0.1) is 31.6 Å². The van der Waals surface area contributed by atoms with E-state index < -0.39 is 0 Å². The average molecular weight is 403 g/mol. The highest BCUT2D eigenvalue weighted by atomic mass is 32.2. The van der Waals surface area contributed by atoms with Gasteiger partial charge in [0.05, 0.1) is 0 Å². The number of thioether (sulfide) groups is 1. The van der Waals surface area contributed by atoms with Crippen LogP contribution < -0.4 is 0 Å². The lowest BCUT2D eigenvalue weighted by Gasteiger charge is -2.36. The predicted octanol–water partition coefficient (Wildman–Crippen LogP) is 5.45. The molecule has 0 aliphatic heterocycles. The lowest BCUT2D eigenvalue weighted by atomic mass is 9.75. The fourth-order valence-corrected chi connectivity index (χ4v) is 4.60. The van der Waals surface area contributed by atoms with E-state index in [4.69, 9.17) is 9.15 Å². The summed E-state index contributed by atoms with van der Waals surface area (Å²) in [4.78, 5) is 12.4. The second-order valence-corrected chi connectivity index (χ2v) is 9.32. The number of carbonyl (C=O) groups is 1. The summed E-state index contributed by atoms with van der Waals surface area (Å²) in [6.07, 6.45) is 3.32. The maximum absolute atomic E-state index is 12.4. The minimum atomic E-state index is -0.207. The second-order valence-electron chi connectivity index (χ2n) is 8.39. The molecule has 0 amide bonds. The summed E-state index contributed by atoms with van der Waals surface area (Å²) in [6.45, 7) is 10.7. The van der Waals surface area contributed by atoms with Crippen molar-refractivity contribution < 1.29 is 13.9 Å². The number of aryl methyl sites for hydroxylation is 2. The molecule has 0 radical (unpaired) electrons.